The van der Waals surface area contributed by atoms with Gasteiger partial charge in [-0.25, -0.2) is 10.6 Å². The first-order valence-electron chi connectivity index (χ1n) is 9.94. The Morgan fingerprint density at radius 1 is 1.12 bits per heavy atom. The van der Waals surface area contributed by atoms with E-state index in [4.69, 9.17) is 17.4 Å². The van der Waals surface area contributed by atoms with Gasteiger partial charge < -0.3 is 10.6 Å². The number of carbonyl (C=O) groups is 2. The number of non-ortho nitro benzene ring substituents is 1. The molecule has 10 heteroatoms. The SMILES string of the molecule is Cc1ccc2c(c1)C(=O)CC(c1ccc(Cl)cc1)N2.NNC(=O)Nc1ccc([N+](=O)[O-])cc1. The zero-order chi connectivity index (χ0) is 24.0. The lowest BCUT2D eigenvalue weighted by atomic mass is 9.91. The van der Waals surface area contributed by atoms with Crippen molar-refractivity contribution in [2.24, 2.45) is 5.84 Å². The van der Waals surface area contributed by atoms with Gasteiger partial charge in [0, 0.05) is 40.5 Å². The van der Waals surface area contributed by atoms with Crippen molar-refractivity contribution in [2.45, 2.75) is 19.4 Å². The van der Waals surface area contributed by atoms with Crippen LogP contribution < -0.4 is 21.9 Å². The Morgan fingerprint density at radius 2 is 1.79 bits per heavy atom. The van der Waals surface area contributed by atoms with E-state index in [2.05, 4.69) is 10.6 Å². The number of amides is 2. The summed E-state index contributed by atoms with van der Waals surface area (Å²) in [5, 5.41) is 16.8. The minimum Gasteiger partial charge on any atom is -0.377 e. The molecule has 1 unspecified atom stereocenters. The quantitative estimate of drug-likeness (QED) is 0.185. The fraction of sp³-hybridized carbons (Fsp3) is 0.130. The van der Waals surface area contributed by atoms with Crippen molar-refractivity contribution in [1.29, 1.82) is 0 Å². The number of anilines is 2. The molecule has 9 nitrogen and oxygen atoms in total. The maximum atomic E-state index is 12.2. The molecule has 33 heavy (non-hydrogen) atoms. The highest BCUT2D eigenvalue weighted by atomic mass is 35.5. The normalized spacial score (nSPS) is 14.2. The van der Waals surface area contributed by atoms with Crippen LogP contribution in [0.1, 0.15) is 33.9 Å². The molecule has 2 amide bonds. The van der Waals surface area contributed by atoms with E-state index >= 15 is 0 Å². The van der Waals surface area contributed by atoms with Crippen LogP contribution in [0.25, 0.3) is 0 Å². The number of nitrogens with one attached hydrogen (secondary N) is 3. The van der Waals surface area contributed by atoms with E-state index in [9.17, 15) is 19.7 Å². The highest BCUT2D eigenvalue weighted by Crippen LogP contribution is 2.33. The molecule has 1 heterocycles. The molecule has 3 aromatic carbocycles. The van der Waals surface area contributed by atoms with Gasteiger partial charge in [0.15, 0.2) is 5.78 Å². The molecule has 1 atom stereocenters. The number of carbonyl (C=O) groups excluding carboxylic acids is 2. The number of rotatable bonds is 3. The Kier molecular flexibility index (Phi) is 7.60. The van der Waals surface area contributed by atoms with E-state index in [0.717, 1.165) is 22.4 Å². The number of nitro groups is 1. The number of hydrogen-bond acceptors (Lipinski definition) is 6. The zero-order valence-corrected chi connectivity index (χ0v) is 18.4. The highest BCUT2D eigenvalue weighted by molar-refractivity contribution is 6.30. The van der Waals surface area contributed by atoms with Gasteiger partial charge in [-0.3, -0.25) is 20.3 Å². The first-order chi connectivity index (χ1) is 15.8. The fourth-order valence-corrected chi connectivity index (χ4v) is 3.40. The van der Waals surface area contributed by atoms with Crippen molar-refractivity contribution in [2.75, 3.05) is 10.6 Å². The molecule has 3 aromatic rings. The van der Waals surface area contributed by atoms with E-state index in [1.807, 2.05) is 54.8 Å². The maximum Gasteiger partial charge on any atom is 0.333 e. The molecular formula is C23H22ClN5O4. The van der Waals surface area contributed by atoms with E-state index in [1.165, 1.54) is 24.3 Å². The molecule has 0 spiro atoms. The summed E-state index contributed by atoms with van der Waals surface area (Å²) in [5.41, 5.74) is 6.17. The number of nitrogens with zero attached hydrogens (tertiary/aromatic N) is 1. The Hall–Kier alpha value is -3.95. The number of benzene rings is 3. The first kappa shape index (κ1) is 23.7. The number of Topliss-reactive ketones (excluding diaryl/α,β-unsaturated/α-hetero) is 1. The lowest BCUT2D eigenvalue weighted by molar-refractivity contribution is -0.384. The number of halogens is 1. The average molecular weight is 468 g/mol. The minimum absolute atomic E-state index is 0.0278. The third-order valence-electron chi connectivity index (χ3n) is 4.93. The number of hydrazine groups is 1. The molecule has 5 N–H and O–H groups in total. The van der Waals surface area contributed by atoms with Crippen molar-refractivity contribution in [1.82, 2.24) is 5.43 Å². The van der Waals surface area contributed by atoms with Gasteiger partial charge in [-0.2, -0.15) is 0 Å². The van der Waals surface area contributed by atoms with Crippen LogP contribution >= 0.6 is 11.6 Å². The summed E-state index contributed by atoms with van der Waals surface area (Å²) in [6.07, 6.45) is 0.484. The summed E-state index contributed by atoms with van der Waals surface area (Å²) in [7, 11) is 0. The van der Waals surface area contributed by atoms with Crippen molar-refractivity contribution in [3.05, 3.63) is 98.6 Å². The second kappa shape index (κ2) is 10.6. The van der Waals surface area contributed by atoms with Crippen molar-refractivity contribution in [3.63, 3.8) is 0 Å². The van der Waals surface area contributed by atoms with E-state index in [-0.39, 0.29) is 17.5 Å². The smallest absolute Gasteiger partial charge is 0.333 e. The third-order valence-corrected chi connectivity index (χ3v) is 5.19. The first-order valence-corrected chi connectivity index (χ1v) is 10.3. The molecule has 1 aliphatic rings. The molecule has 0 saturated heterocycles. The summed E-state index contributed by atoms with van der Waals surface area (Å²) in [6, 6.07) is 18.4. The monoisotopic (exact) mass is 467 g/mol. The predicted molar refractivity (Wildman–Crippen MR) is 127 cm³/mol. The lowest BCUT2D eigenvalue weighted by Crippen LogP contribution is -2.34. The molecule has 170 valence electrons. The van der Waals surface area contributed by atoms with Gasteiger partial charge in [0.2, 0.25) is 0 Å². The number of aryl methyl sites for hydroxylation is 1. The van der Waals surface area contributed by atoms with Crippen LogP contribution in [0, 0.1) is 17.0 Å². The molecule has 0 bridgehead atoms. The van der Waals surface area contributed by atoms with Gasteiger partial charge in [0.05, 0.1) is 11.0 Å². The number of hydrogen-bond donors (Lipinski definition) is 4. The molecule has 0 aromatic heterocycles. The fourth-order valence-electron chi connectivity index (χ4n) is 3.28. The second-order valence-corrected chi connectivity index (χ2v) is 7.76. The van der Waals surface area contributed by atoms with E-state index in [1.54, 1.807) is 0 Å². The maximum absolute atomic E-state index is 12.2. The van der Waals surface area contributed by atoms with Crippen molar-refractivity contribution < 1.29 is 14.5 Å². The Bertz CT molecular complexity index is 1170. The van der Waals surface area contributed by atoms with E-state index < -0.39 is 11.0 Å². The summed E-state index contributed by atoms with van der Waals surface area (Å²) in [4.78, 5) is 32.7. The summed E-state index contributed by atoms with van der Waals surface area (Å²) >= 11 is 5.89. The molecule has 0 saturated carbocycles. The number of fused-ring (bicyclic) bond motifs is 1. The van der Waals surface area contributed by atoms with Crippen LogP contribution in [0.15, 0.2) is 66.7 Å². The number of nitro benzene ring substituents is 1. The van der Waals surface area contributed by atoms with Crippen LogP contribution in [-0.2, 0) is 0 Å². The van der Waals surface area contributed by atoms with Crippen LogP contribution in [-0.4, -0.2) is 16.7 Å². The van der Waals surface area contributed by atoms with Gasteiger partial charge in [-0.05, 0) is 48.9 Å². The number of urea groups is 1. The molecule has 0 radical (unpaired) electrons. The minimum atomic E-state index is -0.584. The molecule has 0 fully saturated rings. The summed E-state index contributed by atoms with van der Waals surface area (Å²) < 4.78 is 0. The average Bonchev–Trinajstić information content (AvgIpc) is 2.80. The third kappa shape index (κ3) is 6.28. The standard InChI is InChI=1S/C16H14ClNO.C7H8N4O3/c1-10-2-7-14-13(8-10)16(19)9-15(18-14)11-3-5-12(17)6-4-11;8-10-7(12)9-5-1-3-6(4-2-5)11(13)14/h2-8,15,18H,9H2,1H3;1-4H,8H2,(H2,9,10,12). The van der Waals surface area contributed by atoms with Crippen LogP contribution in [0.5, 0.6) is 0 Å². The zero-order valence-electron chi connectivity index (χ0n) is 17.7. The molecular weight excluding hydrogens is 446 g/mol. The number of ketones is 1. The molecule has 4 rings (SSSR count). The molecule has 0 aliphatic carbocycles. The highest BCUT2D eigenvalue weighted by Gasteiger charge is 2.25. The van der Waals surface area contributed by atoms with Gasteiger partial charge in [0.1, 0.15) is 0 Å². The number of nitrogens with two attached hydrogens (primary N) is 1. The van der Waals surface area contributed by atoms with Crippen LogP contribution in [0.4, 0.5) is 21.9 Å². The predicted octanol–water partition coefficient (Wildman–Crippen LogP) is 4.98. The Balaban J connectivity index is 0.000000196. The Morgan fingerprint density at radius 3 is 2.39 bits per heavy atom. The van der Waals surface area contributed by atoms with Crippen molar-refractivity contribution >= 4 is 40.5 Å². The lowest BCUT2D eigenvalue weighted by Gasteiger charge is -2.26. The van der Waals surface area contributed by atoms with Gasteiger partial charge in [-0.15, -0.1) is 0 Å². The van der Waals surface area contributed by atoms with Crippen LogP contribution in [0.2, 0.25) is 5.02 Å². The molecule has 1 aliphatic heterocycles. The van der Waals surface area contributed by atoms with Gasteiger partial charge in [0.25, 0.3) is 5.69 Å². The van der Waals surface area contributed by atoms with Crippen molar-refractivity contribution in [3.8, 4) is 0 Å². The van der Waals surface area contributed by atoms with Gasteiger partial charge in [-0.1, -0.05) is 35.4 Å². The Labute approximate surface area is 195 Å². The second-order valence-electron chi connectivity index (χ2n) is 7.33. The van der Waals surface area contributed by atoms with Gasteiger partial charge >= 0.3 is 6.03 Å². The summed E-state index contributed by atoms with van der Waals surface area (Å²) in [5.74, 6) is 5.02. The largest absolute Gasteiger partial charge is 0.377 e. The van der Waals surface area contributed by atoms with Crippen LogP contribution in [0.3, 0.4) is 0 Å². The van der Waals surface area contributed by atoms with E-state index in [0.29, 0.717) is 17.1 Å². The summed E-state index contributed by atoms with van der Waals surface area (Å²) in [6.45, 7) is 2.00. The topological polar surface area (TPSA) is 139 Å².